The predicted octanol–water partition coefficient (Wildman–Crippen LogP) is 5.33. The topological polar surface area (TPSA) is 39.2 Å². The van der Waals surface area contributed by atoms with E-state index in [1.54, 1.807) is 0 Å². The van der Waals surface area contributed by atoms with Gasteiger partial charge in [-0.05, 0) is 38.0 Å². The first-order chi connectivity index (χ1) is 11.9. The molecule has 3 nitrogen and oxygen atoms in total. The Labute approximate surface area is 148 Å². The van der Waals surface area contributed by atoms with Gasteiger partial charge in [0.25, 0.3) is 0 Å². The van der Waals surface area contributed by atoms with Gasteiger partial charge in [0, 0.05) is 10.9 Å². The van der Waals surface area contributed by atoms with E-state index in [1.165, 1.54) is 5.56 Å². The van der Waals surface area contributed by atoms with Gasteiger partial charge in [0.1, 0.15) is 0 Å². The minimum Gasteiger partial charge on any atom is -0.462 e. The van der Waals surface area contributed by atoms with E-state index in [4.69, 9.17) is 9.72 Å². The van der Waals surface area contributed by atoms with E-state index in [2.05, 4.69) is 6.92 Å². The molecule has 0 atom stereocenters. The van der Waals surface area contributed by atoms with Crippen molar-refractivity contribution in [1.82, 2.24) is 4.98 Å². The summed E-state index contributed by atoms with van der Waals surface area (Å²) < 4.78 is 5.48. The Bertz CT molecular complexity index is 911. The third kappa shape index (κ3) is 3.87. The molecule has 3 rings (SSSR count). The summed E-state index contributed by atoms with van der Waals surface area (Å²) in [6.45, 7) is 8.53. The van der Waals surface area contributed by atoms with Crippen LogP contribution in [0.3, 0.4) is 0 Å². The quantitative estimate of drug-likeness (QED) is 0.606. The van der Waals surface area contributed by atoms with E-state index in [1.807, 2.05) is 69.3 Å². The van der Waals surface area contributed by atoms with Crippen molar-refractivity contribution in [1.29, 1.82) is 0 Å². The summed E-state index contributed by atoms with van der Waals surface area (Å²) in [5.74, 6) is 0.00965. The van der Waals surface area contributed by atoms with Crippen LogP contribution < -0.4 is 0 Å². The second kappa shape index (κ2) is 7.06. The van der Waals surface area contributed by atoms with Crippen LogP contribution in [0.1, 0.15) is 35.3 Å². The maximum atomic E-state index is 12.7. The fourth-order valence-corrected chi connectivity index (χ4v) is 2.70. The summed E-state index contributed by atoms with van der Waals surface area (Å²) in [7, 11) is 0. The van der Waals surface area contributed by atoms with E-state index in [9.17, 15) is 4.79 Å². The monoisotopic (exact) mass is 333 g/mol. The summed E-state index contributed by atoms with van der Waals surface area (Å²) in [4.78, 5) is 17.4. The Morgan fingerprint density at radius 3 is 2.36 bits per heavy atom. The number of carbonyl (C=O) groups is 1. The van der Waals surface area contributed by atoms with Crippen LogP contribution in [0.25, 0.3) is 22.2 Å². The van der Waals surface area contributed by atoms with Crippen molar-refractivity contribution in [2.45, 2.75) is 27.7 Å². The second-order valence-electron chi connectivity index (χ2n) is 6.93. The van der Waals surface area contributed by atoms with Crippen LogP contribution in [0.4, 0.5) is 0 Å². The molecule has 0 aliphatic carbocycles. The number of esters is 1. The highest BCUT2D eigenvalue weighted by atomic mass is 16.5. The molecule has 25 heavy (non-hydrogen) atoms. The standard InChI is InChI=1S/C22H23NO2/c1-14(2)13-25-22(24)19-12-21(17-8-5-15(3)6-9-17)23-20-10-7-16(4)11-18(19)20/h5-12,14H,13H2,1-4H3. The summed E-state index contributed by atoms with van der Waals surface area (Å²) >= 11 is 0. The van der Waals surface area contributed by atoms with E-state index >= 15 is 0 Å². The van der Waals surface area contributed by atoms with Crippen molar-refractivity contribution in [2.75, 3.05) is 6.61 Å². The Balaban J connectivity index is 2.13. The second-order valence-corrected chi connectivity index (χ2v) is 6.93. The molecule has 128 valence electrons. The van der Waals surface area contributed by atoms with Crippen LogP contribution in [-0.4, -0.2) is 17.6 Å². The average molecular weight is 333 g/mol. The van der Waals surface area contributed by atoms with Crippen LogP contribution in [0, 0.1) is 19.8 Å². The molecule has 0 saturated carbocycles. The molecule has 2 aromatic carbocycles. The molecule has 0 saturated heterocycles. The molecular weight excluding hydrogens is 310 g/mol. The fourth-order valence-electron chi connectivity index (χ4n) is 2.70. The SMILES string of the molecule is Cc1ccc(-c2cc(C(=O)OCC(C)C)c3cc(C)ccc3n2)cc1. The molecule has 3 aromatic rings. The van der Waals surface area contributed by atoms with Gasteiger partial charge in [0.2, 0.25) is 0 Å². The molecule has 3 heteroatoms. The number of benzene rings is 2. The normalized spacial score (nSPS) is 11.1. The molecule has 0 spiro atoms. The first-order valence-electron chi connectivity index (χ1n) is 8.59. The third-order valence-electron chi connectivity index (χ3n) is 4.08. The molecule has 0 bridgehead atoms. The number of nitrogens with zero attached hydrogens (tertiary/aromatic N) is 1. The Hall–Kier alpha value is -2.68. The highest BCUT2D eigenvalue weighted by Gasteiger charge is 2.16. The molecule has 1 heterocycles. The average Bonchev–Trinajstić information content (AvgIpc) is 2.59. The van der Waals surface area contributed by atoms with Crippen LogP contribution in [0.2, 0.25) is 0 Å². The third-order valence-corrected chi connectivity index (χ3v) is 4.08. The van der Waals surface area contributed by atoms with Crippen molar-refractivity contribution in [3.05, 3.63) is 65.2 Å². The number of hydrogen-bond acceptors (Lipinski definition) is 3. The summed E-state index contributed by atoms with van der Waals surface area (Å²) in [6.07, 6.45) is 0. The largest absolute Gasteiger partial charge is 0.462 e. The molecule has 1 aromatic heterocycles. The van der Waals surface area contributed by atoms with E-state index in [-0.39, 0.29) is 5.97 Å². The molecule has 0 fully saturated rings. The predicted molar refractivity (Wildman–Crippen MR) is 102 cm³/mol. The number of fused-ring (bicyclic) bond motifs is 1. The van der Waals surface area contributed by atoms with Gasteiger partial charge in [-0.15, -0.1) is 0 Å². The highest BCUT2D eigenvalue weighted by Crippen LogP contribution is 2.26. The van der Waals surface area contributed by atoms with Gasteiger partial charge in [0.05, 0.1) is 23.4 Å². The van der Waals surface area contributed by atoms with Crippen molar-refractivity contribution in [3.63, 3.8) is 0 Å². The summed E-state index contributed by atoms with van der Waals surface area (Å²) in [5, 5.41) is 0.838. The summed E-state index contributed by atoms with van der Waals surface area (Å²) in [6, 6.07) is 16.0. The van der Waals surface area contributed by atoms with Crippen molar-refractivity contribution in [3.8, 4) is 11.3 Å². The Kier molecular flexibility index (Phi) is 4.84. The van der Waals surface area contributed by atoms with Crippen molar-refractivity contribution < 1.29 is 9.53 Å². The van der Waals surface area contributed by atoms with Gasteiger partial charge in [-0.3, -0.25) is 0 Å². The molecule has 0 aliphatic rings. The van der Waals surface area contributed by atoms with Gasteiger partial charge >= 0.3 is 5.97 Å². The van der Waals surface area contributed by atoms with Gasteiger partial charge in [-0.1, -0.05) is 55.3 Å². The number of rotatable bonds is 4. The van der Waals surface area contributed by atoms with Crippen LogP contribution in [0.5, 0.6) is 0 Å². The minimum absolute atomic E-state index is 0.292. The lowest BCUT2D eigenvalue weighted by atomic mass is 10.0. The fraction of sp³-hybridized carbons (Fsp3) is 0.273. The lowest BCUT2D eigenvalue weighted by Gasteiger charge is -2.12. The molecule has 0 unspecified atom stereocenters. The first-order valence-corrected chi connectivity index (χ1v) is 8.59. The highest BCUT2D eigenvalue weighted by molar-refractivity contribution is 6.04. The van der Waals surface area contributed by atoms with Crippen LogP contribution in [-0.2, 0) is 4.74 Å². The zero-order valence-corrected chi connectivity index (χ0v) is 15.2. The number of ether oxygens (including phenoxy) is 1. The van der Waals surface area contributed by atoms with Crippen molar-refractivity contribution >= 4 is 16.9 Å². The van der Waals surface area contributed by atoms with E-state index in [0.717, 1.165) is 27.7 Å². The number of carbonyl (C=O) groups excluding carboxylic acids is 1. The first kappa shape index (κ1) is 17.2. The lowest BCUT2D eigenvalue weighted by Crippen LogP contribution is -2.11. The smallest absolute Gasteiger partial charge is 0.338 e. The Morgan fingerprint density at radius 1 is 1.00 bits per heavy atom. The van der Waals surface area contributed by atoms with Crippen molar-refractivity contribution in [2.24, 2.45) is 5.92 Å². The molecule has 0 N–H and O–H groups in total. The summed E-state index contributed by atoms with van der Waals surface area (Å²) in [5.41, 5.74) is 5.44. The zero-order chi connectivity index (χ0) is 18.0. The number of hydrogen-bond donors (Lipinski definition) is 0. The lowest BCUT2D eigenvalue weighted by molar-refractivity contribution is 0.0461. The minimum atomic E-state index is -0.292. The van der Waals surface area contributed by atoms with E-state index < -0.39 is 0 Å². The van der Waals surface area contributed by atoms with Gasteiger partial charge < -0.3 is 4.74 Å². The van der Waals surface area contributed by atoms with Crippen LogP contribution in [0.15, 0.2) is 48.5 Å². The number of pyridine rings is 1. The van der Waals surface area contributed by atoms with Crippen LogP contribution >= 0.6 is 0 Å². The molecular formula is C22H23NO2. The number of aryl methyl sites for hydroxylation is 2. The molecule has 0 radical (unpaired) electrons. The molecule has 0 amide bonds. The maximum absolute atomic E-state index is 12.7. The number of aromatic nitrogens is 1. The zero-order valence-electron chi connectivity index (χ0n) is 15.2. The van der Waals surface area contributed by atoms with Gasteiger partial charge in [-0.2, -0.15) is 0 Å². The molecule has 0 aliphatic heterocycles. The van der Waals surface area contributed by atoms with Gasteiger partial charge in [-0.25, -0.2) is 9.78 Å². The Morgan fingerprint density at radius 2 is 1.68 bits per heavy atom. The van der Waals surface area contributed by atoms with E-state index in [0.29, 0.717) is 18.1 Å². The van der Waals surface area contributed by atoms with Gasteiger partial charge in [0.15, 0.2) is 0 Å². The maximum Gasteiger partial charge on any atom is 0.338 e.